The topological polar surface area (TPSA) is 53.0 Å². The van der Waals surface area contributed by atoms with Crippen molar-refractivity contribution in [2.45, 2.75) is 59.9 Å². The molecule has 0 bridgehead atoms. The minimum Gasteiger partial charge on any atom is -0.372 e. The predicted molar refractivity (Wildman–Crippen MR) is 136 cm³/mol. The lowest BCUT2D eigenvalue weighted by atomic mass is 9.68. The summed E-state index contributed by atoms with van der Waals surface area (Å²) in [5.41, 5.74) is 4.45. The van der Waals surface area contributed by atoms with E-state index in [2.05, 4.69) is 56.9 Å². The number of carbonyl (C=O) groups is 2. The number of para-hydroxylation sites is 2. The van der Waals surface area contributed by atoms with E-state index in [0.29, 0.717) is 12.8 Å². The summed E-state index contributed by atoms with van der Waals surface area (Å²) in [6.45, 7) is 12.3. The summed E-state index contributed by atoms with van der Waals surface area (Å²) >= 11 is 0. The Kier molecular flexibility index (Phi) is 6.42. The summed E-state index contributed by atoms with van der Waals surface area (Å²) in [4.78, 5) is 36.2. The fraction of sp³-hybridized carbons (Fsp3) is 0.464. The second-order valence-electron chi connectivity index (χ2n) is 9.88. The summed E-state index contributed by atoms with van der Waals surface area (Å²) in [6, 6.07) is 15.8. The number of ketones is 1. The SMILES string of the molecule is CCC(=O)N1c2ccccc2N=C2CC(C)(C)CC(=O)C2C1c1ccc(N(CC)CC)cc1. The largest absolute Gasteiger partial charge is 0.372 e. The van der Waals surface area contributed by atoms with Crippen LogP contribution in [-0.2, 0) is 9.59 Å². The van der Waals surface area contributed by atoms with Gasteiger partial charge in [0, 0.05) is 37.3 Å². The molecule has 5 heteroatoms. The molecule has 2 aromatic rings. The molecule has 5 nitrogen and oxygen atoms in total. The number of amides is 1. The van der Waals surface area contributed by atoms with E-state index >= 15 is 0 Å². The number of anilines is 2. The maximum absolute atomic E-state index is 13.6. The number of nitrogens with zero attached hydrogens (tertiary/aromatic N) is 3. The third-order valence-electron chi connectivity index (χ3n) is 6.95. The van der Waals surface area contributed by atoms with Gasteiger partial charge in [-0.25, -0.2) is 0 Å². The van der Waals surface area contributed by atoms with Crippen molar-refractivity contribution in [1.29, 1.82) is 0 Å². The first-order valence-corrected chi connectivity index (χ1v) is 12.2. The van der Waals surface area contributed by atoms with Crippen LogP contribution in [0.2, 0.25) is 0 Å². The van der Waals surface area contributed by atoms with Crippen LogP contribution < -0.4 is 9.80 Å². The average molecular weight is 446 g/mol. The minimum absolute atomic E-state index is 0.00866. The average Bonchev–Trinajstić information content (AvgIpc) is 2.93. The second-order valence-corrected chi connectivity index (χ2v) is 9.88. The highest BCUT2D eigenvalue weighted by atomic mass is 16.2. The lowest BCUT2D eigenvalue weighted by Crippen LogP contribution is -2.47. The number of fused-ring (bicyclic) bond motifs is 2. The molecule has 0 spiro atoms. The number of Topliss-reactive ketones (excluding diaryl/α,β-unsaturated/α-hetero) is 1. The van der Waals surface area contributed by atoms with Gasteiger partial charge in [-0.3, -0.25) is 14.6 Å². The van der Waals surface area contributed by atoms with Crippen molar-refractivity contribution < 1.29 is 9.59 Å². The smallest absolute Gasteiger partial charge is 0.227 e. The number of hydrogen-bond donors (Lipinski definition) is 0. The molecule has 0 saturated heterocycles. The number of benzene rings is 2. The van der Waals surface area contributed by atoms with Crippen LogP contribution in [-0.4, -0.2) is 30.5 Å². The van der Waals surface area contributed by atoms with Crippen molar-refractivity contribution in [3.05, 3.63) is 54.1 Å². The van der Waals surface area contributed by atoms with E-state index in [9.17, 15) is 9.59 Å². The lowest BCUT2D eigenvalue weighted by molar-refractivity contribution is -0.125. The standard InChI is InChI=1S/C28H35N3O2/c1-6-25(33)31-23-12-10-9-11-21(23)29-22-17-28(4,5)18-24(32)26(22)27(31)19-13-15-20(16-14-19)30(7-2)8-3/h9-16,26-27H,6-8,17-18H2,1-5H3. The van der Waals surface area contributed by atoms with Gasteiger partial charge < -0.3 is 9.80 Å². The molecule has 2 aromatic carbocycles. The fourth-order valence-corrected chi connectivity index (χ4v) is 5.39. The quantitative estimate of drug-likeness (QED) is 0.558. The van der Waals surface area contributed by atoms with Crippen molar-refractivity contribution in [1.82, 2.24) is 0 Å². The van der Waals surface area contributed by atoms with E-state index < -0.39 is 12.0 Å². The van der Waals surface area contributed by atoms with E-state index in [1.807, 2.05) is 36.1 Å². The molecule has 0 N–H and O–H groups in total. The van der Waals surface area contributed by atoms with Gasteiger partial charge in [0.2, 0.25) is 5.91 Å². The Morgan fingerprint density at radius 1 is 1.03 bits per heavy atom. The molecule has 0 radical (unpaired) electrons. The number of aliphatic imine (C=N–C) groups is 1. The van der Waals surface area contributed by atoms with E-state index in [0.717, 1.165) is 47.8 Å². The summed E-state index contributed by atoms with van der Waals surface area (Å²) in [6.07, 6.45) is 1.61. The molecule has 1 fully saturated rings. The Balaban J connectivity index is 1.90. The first-order valence-electron chi connectivity index (χ1n) is 12.2. The molecule has 1 amide bonds. The van der Waals surface area contributed by atoms with Crippen molar-refractivity contribution in [3.63, 3.8) is 0 Å². The Morgan fingerprint density at radius 2 is 1.70 bits per heavy atom. The van der Waals surface area contributed by atoms with Crippen LogP contribution in [0.1, 0.15) is 65.5 Å². The van der Waals surface area contributed by atoms with Crippen LogP contribution in [0, 0.1) is 11.3 Å². The van der Waals surface area contributed by atoms with Gasteiger partial charge in [-0.15, -0.1) is 0 Å². The van der Waals surface area contributed by atoms with Crippen molar-refractivity contribution in [2.24, 2.45) is 16.3 Å². The zero-order valence-electron chi connectivity index (χ0n) is 20.5. The van der Waals surface area contributed by atoms with Crippen LogP contribution in [0.4, 0.5) is 17.1 Å². The minimum atomic E-state index is -0.430. The summed E-state index contributed by atoms with van der Waals surface area (Å²) in [5, 5.41) is 0. The zero-order chi connectivity index (χ0) is 23.8. The highest BCUT2D eigenvalue weighted by Crippen LogP contribution is 2.48. The third kappa shape index (κ3) is 4.33. The highest BCUT2D eigenvalue weighted by molar-refractivity contribution is 6.13. The first kappa shape index (κ1) is 23.2. The molecule has 1 aliphatic carbocycles. The molecular formula is C28H35N3O2. The monoisotopic (exact) mass is 445 g/mol. The van der Waals surface area contributed by atoms with Crippen LogP contribution >= 0.6 is 0 Å². The molecule has 2 aliphatic rings. The Hall–Kier alpha value is -2.95. The molecular weight excluding hydrogens is 410 g/mol. The van der Waals surface area contributed by atoms with E-state index in [1.165, 1.54) is 0 Å². The molecule has 174 valence electrons. The van der Waals surface area contributed by atoms with Gasteiger partial charge in [-0.2, -0.15) is 0 Å². The number of rotatable bonds is 5. The summed E-state index contributed by atoms with van der Waals surface area (Å²) < 4.78 is 0. The third-order valence-corrected chi connectivity index (χ3v) is 6.95. The Morgan fingerprint density at radius 3 is 2.33 bits per heavy atom. The van der Waals surface area contributed by atoms with Crippen LogP contribution in [0.5, 0.6) is 0 Å². The molecule has 1 saturated carbocycles. The van der Waals surface area contributed by atoms with Crippen molar-refractivity contribution in [2.75, 3.05) is 22.9 Å². The summed E-state index contributed by atoms with van der Waals surface area (Å²) in [5.74, 6) is -0.251. The Labute approximate surface area is 197 Å². The van der Waals surface area contributed by atoms with E-state index in [4.69, 9.17) is 4.99 Å². The molecule has 4 rings (SSSR count). The van der Waals surface area contributed by atoms with Gasteiger partial charge in [0.1, 0.15) is 5.78 Å². The van der Waals surface area contributed by atoms with Crippen LogP contribution in [0.25, 0.3) is 0 Å². The predicted octanol–water partition coefficient (Wildman–Crippen LogP) is 6.11. The van der Waals surface area contributed by atoms with Crippen molar-refractivity contribution in [3.8, 4) is 0 Å². The fourth-order valence-electron chi connectivity index (χ4n) is 5.39. The molecule has 1 aliphatic heterocycles. The molecule has 2 unspecified atom stereocenters. The van der Waals surface area contributed by atoms with Gasteiger partial charge in [-0.1, -0.05) is 45.0 Å². The normalized spacial score (nSPS) is 21.5. The van der Waals surface area contributed by atoms with Gasteiger partial charge in [0.25, 0.3) is 0 Å². The number of carbonyl (C=O) groups excluding carboxylic acids is 2. The highest BCUT2D eigenvalue weighted by Gasteiger charge is 2.47. The maximum Gasteiger partial charge on any atom is 0.227 e. The lowest BCUT2D eigenvalue weighted by Gasteiger charge is -2.41. The molecule has 2 atom stereocenters. The molecule has 33 heavy (non-hydrogen) atoms. The van der Waals surface area contributed by atoms with Crippen LogP contribution in [0.3, 0.4) is 0 Å². The zero-order valence-corrected chi connectivity index (χ0v) is 20.5. The summed E-state index contributed by atoms with van der Waals surface area (Å²) in [7, 11) is 0. The maximum atomic E-state index is 13.6. The van der Waals surface area contributed by atoms with Gasteiger partial charge in [0.15, 0.2) is 0 Å². The second kappa shape index (κ2) is 9.12. The number of hydrogen-bond acceptors (Lipinski definition) is 4. The van der Waals surface area contributed by atoms with E-state index in [1.54, 1.807) is 0 Å². The first-order chi connectivity index (χ1) is 15.8. The van der Waals surface area contributed by atoms with Gasteiger partial charge in [0.05, 0.1) is 23.3 Å². The van der Waals surface area contributed by atoms with Gasteiger partial charge in [-0.05, 0) is 55.5 Å². The van der Waals surface area contributed by atoms with Crippen LogP contribution in [0.15, 0.2) is 53.5 Å². The van der Waals surface area contributed by atoms with Crippen molar-refractivity contribution >= 4 is 34.5 Å². The van der Waals surface area contributed by atoms with E-state index in [-0.39, 0.29) is 17.1 Å². The molecule has 0 aromatic heterocycles. The Bertz CT molecular complexity index is 1070. The van der Waals surface area contributed by atoms with Gasteiger partial charge >= 0.3 is 0 Å². The molecule has 1 heterocycles.